The van der Waals surface area contributed by atoms with E-state index < -0.39 is 0 Å². The third-order valence-electron chi connectivity index (χ3n) is 28.6. The van der Waals surface area contributed by atoms with Crippen molar-refractivity contribution in [3.8, 4) is 50.3 Å². The molecule has 0 heterocycles. The summed E-state index contributed by atoms with van der Waals surface area (Å²) in [4.78, 5) is 9.28. The van der Waals surface area contributed by atoms with Crippen LogP contribution < -0.4 is 24.3 Å². The summed E-state index contributed by atoms with van der Waals surface area (Å²) >= 11 is 0. The van der Waals surface area contributed by atoms with Crippen LogP contribution in [-0.4, -0.2) is 7.11 Å². The van der Waals surface area contributed by atoms with E-state index in [0.717, 1.165) is 62.6 Å². The molecule has 4 aliphatic rings. The molecule has 0 unspecified atom stereocenters. The van der Waals surface area contributed by atoms with Crippen LogP contribution in [0.1, 0.15) is 190 Å². The molecule has 0 aromatic heterocycles. The Hall–Kier alpha value is -14.3. The SMILES string of the molecule is CCCCCC1(CCCCC)c2cc(C)ccc2-c2ccc(C)cc21.COc1cc(N(c2ccc(C)cc2)c2ccc(C)cc2)ccc1N(c1ccc(C)cc1)c1ccc(C)cc1.Cc1ccc(N(c2ccc(C)cc2)c2ccc3c(c2)C(C)(C)c2cc(N(c4ccc(C)cc4)c4ccc(C)cc4)ccc2-3)cc1.Cc1ccc2c(c1)C1(c3ccccc3-c3ccccc31)c1cc(C)ccc1-2. The Bertz CT molecular complexity index is 6630. The van der Waals surface area contributed by atoms with Crippen LogP contribution in [0.25, 0.3) is 44.5 Å². The summed E-state index contributed by atoms with van der Waals surface area (Å²) in [6, 6.07) is 136. The van der Waals surface area contributed by atoms with Gasteiger partial charge < -0.3 is 24.3 Å². The Kier molecular flexibility index (Phi) is 26.2. The predicted molar refractivity (Wildman–Crippen MR) is 576 cm³/mol. The Morgan fingerprint density at radius 2 is 0.437 bits per heavy atom. The van der Waals surface area contributed by atoms with Gasteiger partial charge in [0.05, 0.1) is 18.2 Å². The van der Waals surface area contributed by atoms with Crippen molar-refractivity contribution in [3.63, 3.8) is 0 Å². The number of aryl methyl sites for hydroxylation is 12. The lowest BCUT2D eigenvalue weighted by Crippen LogP contribution is -2.26. The molecule has 0 atom stereocenters. The molecule has 21 rings (SSSR count). The zero-order valence-electron chi connectivity index (χ0n) is 82.1. The van der Waals surface area contributed by atoms with Gasteiger partial charge in [0.15, 0.2) is 0 Å². The summed E-state index contributed by atoms with van der Waals surface area (Å²) in [6.07, 6.45) is 10.6. The van der Waals surface area contributed by atoms with Gasteiger partial charge in [-0.2, -0.15) is 0 Å². The zero-order valence-corrected chi connectivity index (χ0v) is 82.1. The van der Waals surface area contributed by atoms with Crippen LogP contribution in [0, 0.1) is 83.1 Å². The first kappa shape index (κ1) is 91.2. The molecule has 0 aliphatic heterocycles. The Balaban J connectivity index is 0.000000123. The van der Waals surface area contributed by atoms with Crippen LogP contribution in [0.5, 0.6) is 5.75 Å². The summed E-state index contributed by atoms with van der Waals surface area (Å²) in [5, 5.41) is 0. The minimum Gasteiger partial charge on any atom is -0.494 e. The number of benzene rings is 17. The van der Waals surface area contributed by atoms with Gasteiger partial charge in [0.2, 0.25) is 0 Å². The van der Waals surface area contributed by atoms with Gasteiger partial charge in [0.25, 0.3) is 0 Å². The number of nitrogens with zero attached hydrogens (tertiary/aromatic N) is 4. The molecular weight excluding hydrogens is 1630 g/mol. The number of hydrogen-bond acceptors (Lipinski definition) is 5. The highest BCUT2D eigenvalue weighted by Gasteiger charge is 2.52. The van der Waals surface area contributed by atoms with E-state index >= 15 is 0 Å². The number of methoxy groups -OCH3 is 1. The summed E-state index contributed by atoms with van der Waals surface area (Å²) in [5.74, 6) is 0.799. The average Bonchev–Trinajstić information content (AvgIpc) is 1.50. The minimum atomic E-state index is -0.199. The summed E-state index contributed by atoms with van der Waals surface area (Å²) in [6.45, 7) is 35.3. The van der Waals surface area contributed by atoms with E-state index in [4.69, 9.17) is 4.74 Å². The van der Waals surface area contributed by atoms with E-state index in [1.807, 2.05) is 0 Å². The fraction of sp³-hybridized carbons (Fsp3) is 0.215. The molecule has 674 valence electrons. The van der Waals surface area contributed by atoms with Gasteiger partial charge in [0.1, 0.15) is 5.75 Å². The first-order valence-electron chi connectivity index (χ1n) is 48.8. The monoisotopic (exact) mass is 1760 g/mol. The van der Waals surface area contributed by atoms with Crippen molar-refractivity contribution in [2.24, 2.45) is 0 Å². The number of fused-ring (bicyclic) bond motifs is 16. The fourth-order valence-electron chi connectivity index (χ4n) is 21.4. The van der Waals surface area contributed by atoms with Crippen molar-refractivity contribution >= 4 is 68.2 Å². The van der Waals surface area contributed by atoms with Crippen LogP contribution in [0.15, 0.2) is 370 Å². The standard InChI is InChI=1S/C43H40N2.C35H34N2O.C27H20.C25H34/c1-29-7-15-33(16-8-29)44(34-17-9-30(2)10-18-34)37-23-25-39-40-26-24-38(28-42(40)43(5,6)41(39)27-37)45(35-19-11-31(3)12-20-35)36-21-13-32(4)14-22-36;1-25-6-14-29(15-7-25)36(30-16-8-26(2)9-17-30)33-22-23-34(35(24-33)38-5)37(31-18-10-27(3)11-19-31)32-20-12-28(4)13-21-32;1-17-11-13-21-22-14-12-18(2)16-26(22)27(25(21)15-17)23-9-5-3-7-19(23)20-8-4-6-10-24(20)27;1-5-7-9-15-25(16-10-8-6-2)23-17-19(3)11-13-21(23)22-14-12-20(4)18-24(22)25/h7-28H,1-6H3;6-24H,1-5H3;3-16H,1-2H3;11-14,17-18H,5-10,15-16H2,1-4H3. The molecule has 17 aromatic carbocycles. The summed E-state index contributed by atoms with van der Waals surface area (Å²) in [5.41, 5.74) is 51.4. The molecule has 5 nitrogen and oxygen atoms in total. The van der Waals surface area contributed by atoms with Gasteiger partial charge in [-0.1, -0.05) is 364 Å². The van der Waals surface area contributed by atoms with E-state index in [0.29, 0.717) is 0 Å². The Labute approximate surface area is 804 Å². The van der Waals surface area contributed by atoms with Gasteiger partial charge >= 0.3 is 0 Å². The molecule has 4 aliphatic carbocycles. The molecule has 135 heavy (non-hydrogen) atoms. The van der Waals surface area contributed by atoms with Crippen molar-refractivity contribution in [1.29, 1.82) is 0 Å². The third kappa shape index (κ3) is 17.9. The third-order valence-corrected chi connectivity index (χ3v) is 28.6. The highest BCUT2D eigenvalue weighted by atomic mass is 16.5. The molecular formula is C130H128N4O. The largest absolute Gasteiger partial charge is 0.494 e. The van der Waals surface area contributed by atoms with Gasteiger partial charge in [-0.05, 0) is 318 Å². The maximum absolute atomic E-state index is 6.05. The number of anilines is 12. The number of rotatable bonds is 21. The predicted octanol–water partition coefficient (Wildman–Crippen LogP) is 36.4. The van der Waals surface area contributed by atoms with Crippen molar-refractivity contribution in [2.75, 3.05) is 26.7 Å². The Morgan fingerprint density at radius 1 is 0.207 bits per heavy atom. The topological polar surface area (TPSA) is 22.2 Å². The molecule has 0 amide bonds. The maximum Gasteiger partial charge on any atom is 0.144 e. The van der Waals surface area contributed by atoms with Crippen molar-refractivity contribution in [3.05, 3.63) is 481 Å². The second-order valence-corrected chi connectivity index (χ2v) is 39.0. The number of hydrogen-bond donors (Lipinski definition) is 0. The molecule has 0 saturated heterocycles. The molecule has 17 aromatic rings. The van der Waals surface area contributed by atoms with Crippen LogP contribution in [0.3, 0.4) is 0 Å². The van der Waals surface area contributed by atoms with Gasteiger partial charge in [0, 0.05) is 79.5 Å². The van der Waals surface area contributed by atoms with E-state index in [9.17, 15) is 0 Å². The lowest BCUT2D eigenvalue weighted by Gasteiger charge is -2.33. The second kappa shape index (κ2) is 38.7. The van der Waals surface area contributed by atoms with Crippen molar-refractivity contribution in [1.82, 2.24) is 0 Å². The van der Waals surface area contributed by atoms with Crippen molar-refractivity contribution in [2.45, 2.75) is 178 Å². The average molecular weight is 1760 g/mol. The van der Waals surface area contributed by atoms with Gasteiger partial charge in [-0.3, -0.25) is 0 Å². The van der Waals surface area contributed by atoms with Crippen LogP contribution >= 0.6 is 0 Å². The first-order valence-corrected chi connectivity index (χ1v) is 48.8. The van der Waals surface area contributed by atoms with E-state index in [1.165, 1.54) is 207 Å². The van der Waals surface area contributed by atoms with Gasteiger partial charge in [-0.25, -0.2) is 0 Å². The summed E-state index contributed by atoms with van der Waals surface area (Å²) in [7, 11) is 1.74. The minimum absolute atomic E-state index is 0.171. The first-order chi connectivity index (χ1) is 65.4. The van der Waals surface area contributed by atoms with E-state index in [1.54, 1.807) is 18.2 Å². The number of ether oxygens (including phenoxy) is 1. The van der Waals surface area contributed by atoms with E-state index in [2.05, 4.69) is 500 Å². The Morgan fingerprint density at radius 3 is 0.733 bits per heavy atom. The molecule has 1 spiro atoms. The van der Waals surface area contributed by atoms with Crippen LogP contribution in [-0.2, 0) is 16.2 Å². The molecule has 5 heteroatoms. The molecule has 0 radical (unpaired) electrons. The smallest absolute Gasteiger partial charge is 0.144 e. The fourth-order valence-corrected chi connectivity index (χ4v) is 21.4. The quantitative estimate of drug-likeness (QED) is 0.0667. The zero-order chi connectivity index (χ0) is 94.0. The maximum atomic E-state index is 6.05. The van der Waals surface area contributed by atoms with Gasteiger partial charge in [-0.15, -0.1) is 0 Å². The molecule has 0 N–H and O–H groups in total. The lowest BCUT2D eigenvalue weighted by atomic mass is 9.70. The molecule has 0 bridgehead atoms. The second-order valence-electron chi connectivity index (χ2n) is 39.0. The molecule has 0 fully saturated rings. The molecule has 0 saturated carbocycles. The normalized spacial score (nSPS) is 12.9. The highest BCUT2D eigenvalue weighted by Crippen LogP contribution is 2.64. The van der Waals surface area contributed by atoms with Crippen LogP contribution in [0.4, 0.5) is 68.2 Å². The number of unbranched alkanes of at least 4 members (excludes halogenated alkanes) is 4. The summed E-state index contributed by atoms with van der Waals surface area (Å²) < 4.78 is 6.05. The van der Waals surface area contributed by atoms with Crippen molar-refractivity contribution < 1.29 is 4.74 Å². The lowest BCUT2D eigenvalue weighted by molar-refractivity contribution is 0.405. The van der Waals surface area contributed by atoms with Crippen LogP contribution in [0.2, 0.25) is 0 Å². The highest BCUT2D eigenvalue weighted by molar-refractivity contribution is 5.96. The van der Waals surface area contributed by atoms with E-state index in [-0.39, 0.29) is 16.2 Å².